The van der Waals surface area contributed by atoms with E-state index >= 15 is 0 Å². The maximum absolute atomic E-state index is 10.4. The minimum atomic E-state index is -1.00. The second-order valence-corrected chi connectivity index (χ2v) is 4.99. The first kappa shape index (κ1) is 14.9. The molecule has 1 heterocycles. The van der Waals surface area contributed by atoms with E-state index in [2.05, 4.69) is 16.4 Å². The lowest BCUT2D eigenvalue weighted by atomic mass is 9.96. The summed E-state index contributed by atoms with van der Waals surface area (Å²) >= 11 is 0. The number of rotatable bonds is 4. The van der Waals surface area contributed by atoms with Gasteiger partial charge in [0.2, 0.25) is 0 Å². The molecule has 1 unspecified atom stereocenters. The van der Waals surface area contributed by atoms with E-state index in [-0.39, 0.29) is 0 Å². The van der Waals surface area contributed by atoms with Gasteiger partial charge in [0, 0.05) is 23.8 Å². The summed E-state index contributed by atoms with van der Waals surface area (Å²) in [4.78, 5) is 4.20. The Morgan fingerprint density at radius 3 is 2.74 bits per heavy atom. The molecule has 0 saturated carbocycles. The first-order valence-corrected chi connectivity index (χ1v) is 7.01. The summed E-state index contributed by atoms with van der Waals surface area (Å²) in [6.45, 7) is 0. The van der Waals surface area contributed by atoms with Gasteiger partial charge in [-0.15, -0.1) is 0 Å². The number of nitrogens with one attached hydrogen (secondary N) is 1. The summed E-state index contributed by atoms with van der Waals surface area (Å²) in [5.41, 5.74) is 2.68. The molecule has 0 aliphatic heterocycles. The van der Waals surface area contributed by atoms with E-state index in [4.69, 9.17) is 13.1 Å². The highest BCUT2D eigenvalue weighted by atomic mass is 16.3. The van der Waals surface area contributed by atoms with E-state index in [0.717, 1.165) is 11.4 Å². The number of imidazole rings is 1. The molecule has 0 aliphatic rings. The molecule has 0 amide bonds. The molecule has 0 spiro atoms. The van der Waals surface area contributed by atoms with Gasteiger partial charge in [-0.2, -0.15) is 5.26 Å². The van der Waals surface area contributed by atoms with Crippen LogP contribution in [0.1, 0.15) is 17.6 Å². The van der Waals surface area contributed by atoms with Crippen LogP contribution in [-0.4, -0.2) is 22.5 Å². The van der Waals surface area contributed by atoms with Crippen molar-refractivity contribution in [2.75, 3.05) is 5.32 Å². The third-order valence-electron chi connectivity index (χ3n) is 3.38. The molecule has 23 heavy (non-hydrogen) atoms. The standard InChI is InChI=1S/C17H13BN4O/c18-13-4-6-14(7-5-13)21-17(23)16-20-8-9-22(16)15-3-1-2-12(10-15)11-19/h1-10,17,21,23H. The maximum Gasteiger partial charge on any atom is 0.184 e. The van der Waals surface area contributed by atoms with Crippen molar-refractivity contribution in [3.05, 3.63) is 72.3 Å². The molecule has 3 aromatic rings. The summed E-state index contributed by atoms with van der Waals surface area (Å²) in [7, 11) is 5.65. The van der Waals surface area contributed by atoms with Crippen molar-refractivity contribution in [1.82, 2.24) is 9.55 Å². The lowest BCUT2D eigenvalue weighted by Gasteiger charge is -2.16. The number of anilines is 1. The average Bonchev–Trinajstić information content (AvgIpc) is 3.07. The highest BCUT2D eigenvalue weighted by molar-refractivity contribution is 6.32. The Hall–Kier alpha value is -3.04. The van der Waals surface area contributed by atoms with Crippen molar-refractivity contribution in [3.8, 4) is 11.8 Å². The van der Waals surface area contributed by atoms with Gasteiger partial charge in [-0.1, -0.05) is 23.7 Å². The van der Waals surface area contributed by atoms with Crippen molar-refractivity contribution in [2.24, 2.45) is 0 Å². The van der Waals surface area contributed by atoms with Gasteiger partial charge in [-0.25, -0.2) is 4.98 Å². The second-order valence-electron chi connectivity index (χ2n) is 4.99. The fourth-order valence-electron chi connectivity index (χ4n) is 2.26. The molecule has 2 radical (unpaired) electrons. The molecule has 1 aromatic heterocycles. The van der Waals surface area contributed by atoms with Crippen LogP contribution in [-0.2, 0) is 0 Å². The van der Waals surface area contributed by atoms with Gasteiger partial charge in [0.1, 0.15) is 7.85 Å². The summed E-state index contributed by atoms with van der Waals surface area (Å²) in [6, 6.07) is 16.3. The number of benzene rings is 2. The lowest BCUT2D eigenvalue weighted by molar-refractivity contribution is 0.196. The molecule has 6 heteroatoms. The Morgan fingerprint density at radius 2 is 2.00 bits per heavy atom. The van der Waals surface area contributed by atoms with E-state index in [9.17, 15) is 5.11 Å². The van der Waals surface area contributed by atoms with Crippen LogP contribution in [0.2, 0.25) is 0 Å². The molecule has 0 saturated heterocycles. The average molecular weight is 300 g/mol. The molecule has 1 atom stereocenters. The van der Waals surface area contributed by atoms with Gasteiger partial charge in [-0.3, -0.25) is 4.57 Å². The Bertz CT molecular complexity index is 852. The van der Waals surface area contributed by atoms with Crippen LogP contribution in [0.4, 0.5) is 5.69 Å². The molecule has 0 aliphatic carbocycles. The van der Waals surface area contributed by atoms with Gasteiger partial charge in [-0.05, 0) is 30.3 Å². The molecular formula is C17H13BN4O. The molecule has 0 fully saturated rings. The molecule has 110 valence electrons. The zero-order valence-corrected chi connectivity index (χ0v) is 12.2. The predicted molar refractivity (Wildman–Crippen MR) is 88.7 cm³/mol. The van der Waals surface area contributed by atoms with Crippen LogP contribution in [0.5, 0.6) is 0 Å². The number of aliphatic hydroxyl groups is 1. The molecule has 5 nitrogen and oxygen atoms in total. The second kappa shape index (κ2) is 6.38. The van der Waals surface area contributed by atoms with Gasteiger partial charge in [0.15, 0.2) is 12.1 Å². The summed E-state index contributed by atoms with van der Waals surface area (Å²) < 4.78 is 1.73. The fraction of sp³-hybridized carbons (Fsp3) is 0.0588. The number of aromatic nitrogens is 2. The zero-order chi connectivity index (χ0) is 16.2. The highest BCUT2D eigenvalue weighted by Gasteiger charge is 2.15. The largest absolute Gasteiger partial charge is 0.367 e. The Balaban J connectivity index is 1.88. The number of hydrogen-bond donors (Lipinski definition) is 2. The molecule has 0 bridgehead atoms. The third-order valence-corrected chi connectivity index (χ3v) is 3.38. The van der Waals surface area contributed by atoms with Crippen molar-refractivity contribution in [3.63, 3.8) is 0 Å². The molecule has 3 rings (SSSR count). The Morgan fingerprint density at radius 1 is 1.22 bits per heavy atom. The third kappa shape index (κ3) is 3.25. The van der Waals surface area contributed by atoms with Gasteiger partial charge >= 0.3 is 0 Å². The van der Waals surface area contributed by atoms with Crippen LogP contribution in [0.3, 0.4) is 0 Å². The summed E-state index contributed by atoms with van der Waals surface area (Å²) in [5, 5.41) is 22.4. The number of nitriles is 1. The quantitative estimate of drug-likeness (QED) is 0.567. The van der Waals surface area contributed by atoms with Crippen LogP contribution < -0.4 is 10.8 Å². The lowest BCUT2D eigenvalue weighted by Crippen LogP contribution is -2.15. The normalized spacial score (nSPS) is 11.7. The molecule has 2 aromatic carbocycles. The van der Waals surface area contributed by atoms with Crippen LogP contribution in [0, 0.1) is 11.3 Å². The van der Waals surface area contributed by atoms with E-state index in [1.54, 1.807) is 59.4 Å². The van der Waals surface area contributed by atoms with Crippen molar-refractivity contribution in [2.45, 2.75) is 6.23 Å². The Labute approximate surface area is 135 Å². The first-order valence-electron chi connectivity index (χ1n) is 7.01. The highest BCUT2D eigenvalue weighted by Crippen LogP contribution is 2.19. The van der Waals surface area contributed by atoms with Crippen molar-refractivity contribution >= 4 is 19.0 Å². The Kier molecular flexibility index (Phi) is 4.13. The summed E-state index contributed by atoms with van der Waals surface area (Å²) in [5.74, 6) is 0.428. The topological polar surface area (TPSA) is 73.9 Å². The number of aliphatic hydroxyl groups excluding tert-OH is 1. The van der Waals surface area contributed by atoms with Crippen LogP contribution >= 0.6 is 0 Å². The molecular weight excluding hydrogens is 287 g/mol. The minimum Gasteiger partial charge on any atom is -0.367 e. The smallest absolute Gasteiger partial charge is 0.184 e. The van der Waals surface area contributed by atoms with Gasteiger partial charge in [0.05, 0.1) is 11.6 Å². The molecule has 2 N–H and O–H groups in total. The SMILES string of the molecule is [B]c1ccc(NC(O)c2nccn2-c2cccc(C#N)c2)cc1. The maximum atomic E-state index is 10.4. The number of hydrogen-bond acceptors (Lipinski definition) is 4. The van der Waals surface area contributed by atoms with E-state index in [1.807, 2.05) is 6.07 Å². The fourth-order valence-corrected chi connectivity index (χ4v) is 2.26. The summed E-state index contributed by atoms with van der Waals surface area (Å²) in [6.07, 6.45) is 2.33. The van der Waals surface area contributed by atoms with Gasteiger partial charge < -0.3 is 10.4 Å². The van der Waals surface area contributed by atoms with E-state index in [1.165, 1.54) is 0 Å². The minimum absolute atomic E-state index is 0.428. The van der Waals surface area contributed by atoms with Crippen molar-refractivity contribution < 1.29 is 5.11 Å². The van der Waals surface area contributed by atoms with Crippen LogP contribution in [0.25, 0.3) is 5.69 Å². The van der Waals surface area contributed by atoms with Crippen LogP contribution in [0.15, 0.2) is 60.9 Å². The first-order chi connectivity index (χ1) is 11.2. The predicted octanol–water partition coefficient (Wildman–Crippen LogP) is 1.64. The van der Waals surface area contributed by atoms with Gasteiger partial charge in [0.25, 0.3) is 0 Å². The van der Waals surface area contributed by atoms with E-state index in [0.29, 0.717) is 16.9 Å². The number of nitrogens with zero attached hydrogens (tertiary/aromatic N) is 3. The van der Waals surface area contributed by atoms with Crippen molar-refractivity contribution in [1.29, 1.82) is 5.26 Å². The monoisotopic (exact) mass is 300 g/mol. The zero-order valence-electron chi connectivity index (χ0n) is 12.2. The van der Waals surface area contributed by atoms with E-state index < -0.39 is 6.23 Å².